The van der Waals surface area contributed by atoms with Gasteiger partial charge in [0.25, 0.3) is 0 Å². The Labute approximate surface area is 205 Å². The van der Waals surface area contributed by atoms with Crippen molar-refractivity contribution in [2.24, 2.45) is 0 Å². The first kappa shape index (κ1) is 24.4. The Morgan fingerprint density at radius 3 is 2.56 bits per heavy atom. The van der Waals surface area contributed by atoms with Crippen LogP contribution >= 0.6 is 11.8 Å². The van der Waals surface area contributed by atoms with Crippen LogP contribution < -0.4 is 5.32 Å². The minimum absolute atomic E-state index is 0.0249. The number of carbonyl (C=O) groups excluding carboxylic acids is 1. The van der Waals surface area contributed by atoms with Crippen LogP contribution in [0, 0.1) is 13.8 Å². The molecule has 4 rings (SSSR count). The Morgan fingerprint density at radius 1 is 1.09 bits per heavy atom. The van der Waals surface area contributed by atoms with Gasteiger partial charge in [-0.05, 0) is 62.1 Å². The smallest absolute Gasteiger partial charge is 0.230 e. The highest BCUT2D eigenvalue weighted by Crippen LogP contribution is 2.21. The lowest BCUT2D eigenvalue weighted by molar-refractivity contribution is -0.118. The zero-order valence-corrected chi connectivity index (χ0v) is 21.1. The van der Waals surface area contributed by atoms with Crippen molar-refractivity contribution in [1.29, 1.82) is 0 Å². The number of hydrogen-bond acceptors (Lipinski definition) is 6. The van der Waals surface area contributed by atoms with Gasteiger partial charge in [0.15, 0.2) is 5.16 Å². The van der Waals surface area contributed by atoms with E-state index in [2.05, 4.69) is 78.4 Å². The first-order chi connectivity index (χ1) is 16.4. The maximum Gasteiger partial charge on any atom is 0.230 e. The molecule has 2 aromatic carbocycles. The molecule has 2 heterocycles. The van der Waals surface area contributed by atoms with Crippen LogP contribution in [0.4, 0.5) is 0 Å². The molecule has 0 aliphatic carbocycles. The predicted molar refractivity (Wildman–Crippen MR) is 135 cm³/mol. The molecule has 0 saturated carbocycles. The van der Waals surface area contributed by atoms with E-state index in [0.29, 0.717) is 11.7 Å². The first-order valence-electron chi connectivity index (χ1n) is 11.7. The van der Waals surface area contributed by atoms with Gasteiger partial charge in [-0.3, -0.25) is 14.3 Å². The van der Waals surface area contributed by atoms with Crippen molar-refractivity contribution in [2.45, 2.75) is 58.1 Å². The molecule has 1 saturated heterocycles. The van der Waals surface area contributed by atoms with Gasteiger partial charge in [-0.25, -0.2) is 0 Å². The fourth-order valence-corrected chi connectivity index (χ4v) is 5.05. The summed E-state index contributed by atoms with van der Waals surface area (Å²) < 4.78 is 7.78. The van der Waals surface area contributed by atoms with E-state index in [9.17, 15) is 4.79 Å². The second kappa shape index (κ2) is 11.2. The molecule has 1 N–H and O–H groups in total. The molecule has 34 heavy (non-hydrogen) atoms. The second-order valence-corrected chi connectivity index (χ2v) is 9.98. The van der Waals surface area contributed by atoms with Gasteiger partial charge in [-0.2, -0.15) is 0 Å². The minimum Gasteiger partial charge on any atom is -0.373 e. The summed E-state index contributed by atoms with van der Waals surface area (Å²) in [7, 11) is 0. The summed E-state index contributed by atoms with van der Waals surface area (Å²) in [5.41, 5.74) is 5.83. The van der Waals surface area contributed by atoms with E-state index in [4.69, 9.17) is 4.74 Å². The molecule has 180 valence electrons. The summed E-state index contributed by atoms with van der Waals surface area (Å²) in [6.07, 6.45) is 2.16. The van der Waals surface area contributed by atoms with Gasteiger partial charge in [0.05, 0.1) is 18.0 Å². The highest BCUT2D eigenvalue weighted by molar-refractivity contribution is 7.99. The number of benzene rings is 2. The molecular formula is C26H33N5O2S. The van der Waals surface area contributed by atoms with Gasteiger partial charge < -0.3 is 10.1 Å². The van der Waals surface area contributed by atoms with E-state index in [0.717, 1.165) is 30.9 Å². The van der Waals surface area contributed by atoms with E-state index in [1.54, 1.807) is 6.33 Å². The molecule has 8 heteroatoms. The number of nitrogens with one attached hydrogen (secondary N) is 1. The highest BCUT2D eigenvalue weighted by Gasteiger charge is 2.22. The number of thioether (sulfide) groups is 1. The summed E-state index contributed by atoms with van der Waals surface area (Å²) >= 11 is 1.39. The number of amides is 1. The predicted octanol–water partition coefficient (Wildman–Crippen LogP) is 3.90. The van der Waals surface area contributed by atoms with E-state index >= 15 is 0 Å². The Bertz CT molecular complexity index is 1120. The van der Waals surface area contributed by atoms with Crippen molar-refractivity contribution in [2.75, 3.05) is 18.8 Å². The molecule has 0 spiro atoms. The number of ether oxygens (including phenoxy) is 1. The molecule has 1 aliphatic heterocycles. The molecule has 1 amide bonds. The summed E-state index contributed by atoms with van der Waals surface area (Å²) in [5.74, 6) is 0.257. The van der Waals surface area contributed by atoms with Crippen molar-refractivity contribution in [3.8, 4) is 5.69 Å². The molecule has 1 aliphatic rings. The molecule has 1 aromatic heterocycles. The third-order valence-electron chi connectivity index (χ3n) is 6.10. The SMILES string of the molecule is Cc1ccc(-n2cnnc2SCC(=O)NCc2ccccc2CN2CC(C)OC(C)C2)cc1C. The fourth-order valence-electron chi connectivity index (χ4n) is 4.29. The quantitative estimate of drug-likeness (QED) is 0.494. The average molecular weight is 480 g/mol. The van der Waals surface area contributed by atoms with Crippen LogP contribution in [0.25, 0.3) is 5.69 Å². The second-order valence-electron chi connectivity index (χ2n) is 9.04. The lowest BCUT2D eigenvalue weighted by Gasteiger charge is -2.35. The largest absolute Gasteiger partial charge is 0.373 e. The van der Waals surface area contributed by atoms with Crippen molar-refractivity contribution < 1.29 is 9.53 Å². The lowest BCUT2D eigenvalue weighted by Crippen LogP contribution is -2.45. The van der Waals surface area contributed by atoms with Crippen molar-refractivity contribution >= 4 is 17.7 Å². The molecule has 2 atom stereocenters. The molecule has 3 aromatic rings. The highest BCUT2D eigenvalue weighted by atomic mass is 32.2. The number of aryl methyl sites for hydroxylation is 2. The molecule has 7 nitrogen and oxygen atoms in total. The monoisotopic (exact) mass is 479 g/mol. The molecule has 2 unspecified atom stereocenters. The maximum atomic E-state index is 12.6. The minimum atomic E-state index is -0.0249. The topological polar surface area (TPSA) is 72.3 Å². The van der Waals surface area contributed by atoms with E-state index in [1.165, 1.54) is 28.5 Å². The number of carbonyl (C=O) groups is 1. The maximum absolute atomic E-state index is 12.6. The molecule has 1 fully saturated rings. The molecule has 0 bridgehead atoms. The number of aromatic nitrogens is 3. The van der Waals surface area contributed by atoms with Crippen LogP contribution in [-0.4, -0.2) is 56.6 Å². The number of nitrogens with zero attached hydrogens (tertiary/aromatic N) is 4. The van der Waals surface area contributed by atoms with Crippen LogP contribution in [0.3, 0.4) is 0 Å². The first-order valence-corrected chi connectivity index (χ1v) is 12.7. The Kier molecular flexibility index (Phi) is 8.03. The van der Waals surface area contributed by atoms with Crippen molar-refractivity contribution in [1.82, 2.24) is 25.0 Å². The van der Waals surface area contributed by atoms with Crippen molar-refractivity contribution in [3.05, 3.63) is 71.0 Å². The van der Waals surface area contributed by atoms with Crippen LogP contribution in [-0.2, 0) is 22.6 Å². The Balaban J connectivity index is 1.32. The van der Waals surface area contributed by atoms with Crippen LogP contribution in [0.1, 0.15) is 36.1 Å². The van der Waals surface area contributed by atoms with Crippen LogP contribution in [0.5, 0.6) is 0 Å². The molecule has 0 radical (unpaired) electrons. The van der Waals surface area contributed by atoms with E-state index in [-0.39, 0.29) is 23.9 Å². The van der Waals surface area contributed by atoms with Gasteiger partial charge >= 0.3 is 0 Å². The third-order valence-corrected chi connectivity index (χ3v) is 7.04. The van der Waals surface area contributed by atoms with Gasteiger partial charge in [-0.1, -0.05) is 42.1 Å². The van der Waals surface area contributed by atoms with Crippen LogP contribution in [0.2, 0.25) is 0 Å². The fraction of sp³-hybridized carbons (Fsp3) is 0.423. The van der Waals surface area contributed by atoms with E-state index < -0.39 is 0 Å². The van der Waals surface area contributed by atoms with Crippen molar-refractivity contribution in [3.63, 3.8) is 0 Å². The van der Waals surface area contributed by atoms with Crippen LogP contribution in [0.15, 0.2) is 53.9 Å². The lowest BCUT2D eigenvalue weighted by atomic mass is 10.1. The Hall–Kier alpha value is -2.68. The zero-order chi connectivity index (χ0) is 24.1. The number of morpholine rings is 1. The van der Waals surface area contributed by atoms with Gasteiger partial charge in [0.1, 0.15) is 6.33 Å². The zero-order valence-electron chi connectivity index (χ0n) is 20.3. The van der Waals surface area contributed by atoms with E-state index in [1.807, 2.05) is 16.7 Å². The van der Waals surface area contributed by atoms with Gasteiger partial charge in [-0.15, -0.1) is 10.2 Å². The number of rotatable bonds is 8. The normalized spacial score (nSPS) is 18.7. The standard InChI is InChI=1S/C26H33N5O2S/c1-18-9-10-24(11-19(18)2)31-17-28-29-26(31)34-16-25(32)27-12-22-7-5-6-8-23(22)15-30-13-20(3)33-21(4)14-30/h5-11,17,20-21H,12-16H2,1-4H3,(H,27,32). The summed E-state index contributed by atoms with van der Waals surface area (Å²) in [5, 5.41) is 12.0. The summed E-state index contributed by atoms with van der Waals surface area (Å²) in [6.45, 7) is 11.6. The third kappa shape index (κ3) is 6.25. The summed E-state index contributed by atoms with van der Waals surface area (Å²) in [6, 6.07) is 14.6. The average Bonchev–Trinajstić information content (AvgIpc) is 3.27. The van der Waals surface area contributed by atoms with Gasteiger partial charge in [0.2, 0.25) is 5.91 Å². The summed E-state index contributed by atoms with van der Waals surface area (Å²) in [4.78, 5) is 15.1. The molecular weight excluding hydrogens is 446 g/mol. The number of hydrogen-bond donors (Lipinski definition) is 1. The Morgan fingerprint density at radius 2 is 1.82 bits per heavy atom. The van der Waals surface area contributed by atoms with Gasteiger partial charge in [0, 0.05) is 31.9 Å².